The minimum absolute atomic E-state index is 0.0225. The summed E-state index contributed by atoms with van der Waals surface area (Å²) in [6.07, 6.45) is 2.65. The van der Waals surface area contributed by atoms with Gasteiger partial charge in [-0.3, -0.25) is 4.79 Å². The van der Waals surface area contributed by atoms with Crippen LogP contribution in [0.1, 0.15) is 38.2 Å². The molecular weight excluding hydrogens is 368 g/mol. The van der Waals surface area contributed by atoms with E-state index in [0.29, 0.717) is 38.6 Å². The molecule has 152 valence electrons. The summed E-state index contributed by atoms with van der Waals surface area (Å²) < 4.78 is 32.2. The van der Waals surface area contributed by atoms with Gasteiger partial charge in [-0.05, 0) is 49.8 Å². The van der Waals surface area contributed by atoms with E-state index >= 15 is 0 Å². The maximum Gasteiger partial charge on any atom is 0.223 e. The topological polar surface area (TPSA) is 105 Å². The summed E-state index contributed by atoms with van der Waals surface area (Å²) in [6.45, 7) is 2.34. The largest absolute Gasteiger partial charge is 0.508 e. The number of carbonyl (C=O) groups is 1. The van der Waals surface area contributed by atoms with Crippen LogP contribution < -0.4 is 10.0 Å². The van der Waals surface area contributed by atoms with Crippen LogP contribution in [-0.2, 0) is 26.0 Å². The molecule has 2 rings (SSSR count). The van der Waals surface area contributed by atoms with Crippen LogP contribution in [0.2, 0.25) is 0 Å². The summed E-state index contributed by atoms with van der Waals surface area (Å²) in [5.74, 6) is 0.119. The van der Waals surface area contributed by atoms with Crippen LogP contribution in [0.15, 0.2) is 24.3 Å². The number of hydrogen-bond acceptors (Lipinski definition) is 5. The summed E-state index contributed by atoms with van der Waals surface area (Å²) in [4.78, 5) is 12.5. The average Bonchev–Trinajstić information content (AvgIpc) is 2.63. The molecule has 0 heterocycles. The van der Waals surface area contributed by atoms with E-state index in [2.05, 4.69) is 10.0 Å². The molecule has 1 aromatic rings. The van der Waals surface area contributed by atoms with Crippen LogP contribution in [0.25, 0.3) is 0 Å². The predicted octanol–water partition coefficient (Wildman–Crippen LogP) is 1.56. The Bertz CT molecular complexity index is 705. The highest BCUT2D eigenvalue weighted by molar-refractivity contribution is 7.89. The Hall–Kier alpha value is -1.64. The molecule has 1 aliphatic carbocycles. The highest BCUT2D eigenvalue weighted by Gasteiger charge is 2.35. The number of phenolic OH excluding ortho intramolecular Hbond substituents is 1. The van der Waals surface area contributed by atoms with E-state index in [-0.39, 0.29) is 35.5 Å². The molecular formula is C19H30N2O5S. The fourth-order valence-corrected chi connectivity index (χ4v) is 4.84. The number of phenols is 1. The molecule has 7 nitrogen and oxygen atoms in total. The molecule has 0 aromatic heterocycles. The molecule has 1 amide bonds. The lowest BCUT2D eigenvalue weighted by Crippen LogP contribution is -2.50. The van der Waals surface area contributed by atoms with Crippen LogP contribution in [0.4, 0.5) is 0 Å². The second kappa shape index (κ2) is 10.1. The quantitative estimate of drug-likeness (QED) is 0.586. The van der Waals surface area contributed by atoms with Gasteiger partial charge in [-0.1, -0.05) is 19.1 Å². The third kappa shape index (κ3) is 6.79. The normalized spacial score (nSPS) is 23.1. The smallest absolute Gasteiger partial charge is 0.223 e. The van der Waals surface area contributed by atoms with Gasteiger partial charge in [-0.2, -0.15) is 0 Å². The van der Waals surface area contributed by atoms with Crippen molar-refractivity contribution in [3.63, 3.8) is 0 Å². The fourth-order valence-electron chi connectivity index (χ4n) is 3.46. The fraction of sp³-hybridized carbons (Fsp3) is 0.632. The molecule has 0 radical (unpaired) electrons. The van der Waals surface area contributed by atoms with E-state index in [1.54, 1.807) is 19.2 Å². The molecule has 0 aliphatic heterocycles. The summed E-state index contributed by atoms with van der Waals surface area (Å²) in [5.41, 5.74) is 1.04. The molecule has 0 unspecified atom stereocenters. The Morgan fingerprint density at radius 2 is 1.96 bits per heavy atom. The molecule has 3 atom stereocenters. The van der Waals surface area contributed by atoms with Crippen LogP contribution in [0.5, 0.6) is 5.75 Å². The molecule has 1 aromatic carbocycles. The summed E-state index contributed by atoms with van der Waals surface area (Å²) in [7, 11) is -1.76. The molecule has 0 saturated heterocycles. The van der Waals surface area contributed by atoms with Gasteiger partial charge in [0.2, 0.25) is 15.9 Å². The van der Waals surface area contributed by atoms with Gasteiger partial charge in [-0.25, -0.2) is 13.1 Å². The number of ether oxygens (including phenoxy) is 1. The molecule has 1 fully saturated rings. The van der Waals surface area contributed by atoms with Gasteiger partial charge in [0.05, 0.1) is 11.9 Å². The van der Waals surface area contributed by atoms with Gasteiger partial charge in [0, 0.05) is 25.6 Å². The van der Waals surface area contributed by atoms with Crippen LogP contribution in [0, 0.1) is 5.92 Å². The number of sulfonamides is 1. The van der Waals surface area contributed by atoms with Crippen molar-refractivity contribution >= 4 is 15.9 Å². The Labute approximate surface area is 161 Å². The van der Waals surface area contributed by atoms with Crippen molar-refractivity contribution in [3.8, 4) is 5.75 Å². The number of hydrogen-bond donors (Lipinski definition) is 3. The van der Waals surface area contributed by atoms with E-state index in [4.69, 9.17) is 4.74 Å². The summed E-state index contributed by atoms with van der Waals surface area (Å²) in [5, 5.41) is 12.2. The van der Waals surface area contributed by atoms with Crippen molar-refractivity contribution < 1.29 is 23.1 Å². The zero-order valence-electron chi connectivity index (χ0n) is 16.0. The summed E-state index contributed by atoms with van der Waals surface area (Å²) in [6, 6.07) is 6.63. The van der Waals surface area contributed by atoms with Crippen molar-refractivity contribution in [1.29, 1.82) is 0 Å². The lowest BCUT2D eigenvalue weighted by molar-refractivity contribution is -0.127. The SMILES string of the molecule is CCCS(=O)(=O)N[C@@H]1CC[C@H](C(=O)NCCc2ccc(O)cc2)C[C@H]1OC. The number of methoxy groups -OCH3 is 1. The molecule has 0 spiro atoms. The third-order valence-corrected chi connectivity index (χ3v) is 6.53. The van der Waals surface area contributed by atoms with Crippen molar-refractivity contribution in [3.05, 3.63) is 29.8 Å². The number of carbonyl (C=O) groups excluding carboxylic acids is 1. The zero-order chi connectivity index (χ0) is 19.9. The van der Waals surface area contributed by atoms with E-state index < -0.39 is 10.0 Å². The lowest BCUT2D eigenvalue weighted by Gasteiger charge is -2.34. The Morgan fingerprint density at radius 1 is 1.26 bits per heavy atom. The molecule has 27 heavy (non-hydrogen) atoms. The first kappa shape index (κ1) is 21.7. The first-order chi connectivity index (χ1) is 12.8. The van der Waals surface area contributed by atoms with Gasteiger partial charge < -0.3 is 15.2 Å². The third-order valence-electron chi connectivity index (χ3n) is 4.92. The molecule has 8 heteroatoms. The van der Waals surface area contributed by atoms with E-state index in [0.717, 1.165) is 5.56 Å². The maximum absolute atomic E-state index is 12.5. The predicted molar refractivity (Wildman–Crippen MR) is 104 cm³/mol. The van der Waals surface area contributed by atoms with Crippen LogP contribution in [-0.4, -0.2) is 51.0 Å². The van der Waals surface area contributed by atoms with E-state index in [1.807, 2.05) is 19.1 Å². The average molecular weight is 399 g/mol. The number of nitrogens with one attached hydrogen (secondary N) is 2. The molecule has 3 N–H and O–H groups in total. The zero-order valence-corrected chi connectivity index (χ0v) is 16.8. The van der Waals surface area contributed by atoms with Gasteiger partial charge >= 0.3 is 0 Å². The number of amides is 1. The van der Waals surface area contributed by atoms with Gasteiger partial charge in [0.1, 0.15) is 5.75 Å². The Morgan fingerprint density at radius 3 is 2.59 bits per heavy atom. The van der Waals surface area contributed by atoms with Crippen LogP contribution >= 0.6 is 0 Å². The Kier molecular flexibility index (Phi) is 8.07. The van der Waals surface area contributed by atoms with Crippen molar-refractivity contribution in [2.45, 2.75) is 51.2 Å². The number of benzene rings is 1. The minimum atomic E-state index is -3.31. The van der Waals surface area contributed by atoms with E-state index in [1.165, 1.54) is 0 Å². The van der Waals surface area contributed by atoms with Gasteiger partial charge in [-0.15, -0.1) is 0 Å². The maximum atomic E-state index is 12.5. The van der Waals surface area contributed by atoms with Crippen molar-refractivity contribution in [2.75, 3.05) is 19.4 Å². The van der Waals surface area contributed by atoms with E-state index in [9.17, 15) is 18.3 Å². The highest BCUT2D eigenvalue weighted by Crippen LogP contribution is 2.27. The van der Waals surface area contributed by atoms with Crippen molar-refractivity contribution in [1.82, 2.24) is 10.0 Å². The first-order valence-electron chi connectivity index (χ1n) is 9.43. The Balaban J connectivity index is 1.82. The standard InChI is InChI=1S/C19H30N2O5S/c1-3-12-27(24,25)21-17-9-6-15(13-18(17)26-2)19(23)20-11-10-14-4-7-16(22)8-5-14/h4-5,7-8,15,17-18,21-22H,3,6,9-13H2,1-2H3,(H,20,23)/t15-,17+,18+/m0/s1. The number of aromatic hydroxyl groups is 1. The second-order valence-corrected chi connectivity index (χ2v) is 8.91. The lowest BCUT2D eigenvalue weighted by atomic mass is 9.83. The van der Waals surface area contributed by atoms with Crippen LogP contribution in [0.3, 0.4) is 0 Å². The molecule has 1 saturated carbocycles. The first-order valence-corrected chi connectivity index (χ1v) is 11.1. The molecule has 1 aliphatic rings. The monoisotopic (exact) mass is 398 g/mol. The van der Waals surface area contributed by atoms with Crippen molar-refractivity contribution in [2.24, 2.45) is 5.92 Å². The highest BCUT2D eigenvalue weighted by atomic mass is 32.2. The minimum Gasteiger partial charge on any atom is -0.508 e. The molecule has 0 bridgehead atoms. The summed E-state index contributed by atoms with van der Waals surface area (Å²) >= 11 is 0. The van der Waals surface area contributed by atoms with Gasteiger partial charge in [0.25, 0.3) is 0 Å². The van der Waals surface area contributed by atoms with Gasteiger partial charge in [0.15, 0.2) is 0 Å². The second-order valence-electron chi connectivity index (χ2n) is 7.03. The number of rotatable bonds is 9.